The van der Waals surface area contributed by atoms with Gasteiger partial charge in [-0.1, -0.05) is 55.5 Å². The van der Waals surface area contributed by atoms with Crippen molar-refractivity contribution in [3.8, 4) is 0 Å². The van der Waals surface area contributed by atoms with E-state index in [0.29, 0.717) is 16.8 Å². The lowest BCUT2D eigenvalue weighted by atomic mass is 10.0. The average Bonchev–Trinajstić information content (AvgIpc) is 3.16. The zero-order valence-corrected chi connectivity index (χ0v) is 19.3. The Morgan fingerprint density at radius 1 is 1.00 bits per heavy atom. The van der Waals surface area contributed by atoms with E-state index in [1.165, 1.54) is 24.3 Å². The molecule has 1 aliphatic rings. The van der Waals surface area contributed by atoms with Crippen molar-refractivity contribution in [1.82, 2.24) is 4.57 Å². The van der Waals surface area contributed by atoms with E-state index in [1.807, 2.05) is 42.5 Å². The summed E-state index contributed by atoms with van der Waals surface area (Å²) in [6.07, 6.45) is 10.8. The largest absolute Gasteiger partial charge is 0.321 e. The van der Waals surface area contributed by atoms with Crippen LogP contribution in [0.5, 0.6) is 0 Å². The van der Waals surface area contributed by atoms with Crippen LogP contribution in [0.3, 0.4) is 0 Å². The van der Waals surface area contributed by atoms with Gasteiger partial charge in [0.05, 0.1) is 12.2 Å². The normalized spacial score (nSPS) is 12.7. The molecule has 176 valence electrons. The van der Waals surface area contributed by atoms with E-state index in [9.17, 15) is 18.8 Å². The van der Waals surface area contributed by atoms with Crippen LogP contribution in [0.4, 0.5) is 10.1 Å². The summed E-state index contributed by atoms with van der Waals surface area (Å²) in [6.45, 7) is 1.92. The Bertz CT molecular complexity index is 1410. The summed E-state index contributed by atoms with van der Waals surface area (Å²) in [4.78, 5) is 38.3. The summed E-state index contributed by atoms with van der Waals surface area (Å²) in [5.74, 6) is -0.885. The van der Waals surface area contributed by atoms with E-state index < -0.39 is 5.82 Å². The highest BCUT2D eigenvalue weighted by molar-refractivity contribution is 6.09. The molecule has 0 fully saturated rings. The van der Waals surface area contributed by atoms with Crippen LogP contribution in [-0.4, -0.2) is 16.3 Å². The lowest BCUT2D eigenvalue weighted by Gasteiger charge is -2.16. The van der Waals surface area contributed by atoms with Gasteiger partial charge in [-0.15, -0.1) is 0 Å². The zero-order valence-electron chi connectivity index (χ0n) is 19.3. The van der Waals surface area contributed by atoms with Crippen molar-refractivity contribution < 1.29 is 14.0 Å². The van der Waals surface area contributed by atoms with Crippen LogP contribution in [0, 0.1) is 5.82 Å². The van der Waals surface area contributed by atoms with Crippen LogP contribution in [0.25, 0.3) is 5.57 Å². The van der Waals surface area contributed by atoms with E-state index >= 15 is 0 Å². The fourth-order valence-electron chi connectivity index (χ4n) is 3.85. The van der Waals surface area contributed by atoms with Gasteiger partial charge in [0.1, 0.15) is 11.5 Å². The van der Waals surface area contributed by atoms with Crippen LogP contribution in [-0.2, 0) is 11.3 Å². The number of benzene rings is 2. The number of rotatable bonds is 7. The number of pyridine rings is 1. The molecule has 1 aromatic heterocycles. The number of amides is 1. The van der Waals surface area contributed by atoms with Crippen molar-refractivity contribution in [2.24, 2.45) is 0 Å². The smallest absolute Gasteiger partial charge is 0.275 e. The number of anilines is 1. The van der Waals surface area contributed by atoms with E-state index in [0.717, 1.165) is 17.6 Å². The first-order valence-electron chi connectivity index (χ1n) is 11.4. The van der Waals surface area contributed by atoms with Crippen molar-refractivity contribution in [2.75, 3.05) is 5.32 Å². The minimum absolute atomic E-state index is 0.202. The summed E-state index contributed by atoms with van der Waals surface area (Å²) in [7, 11) is 0. The second kappa shape index (κ2) is 10.7. The van der Waals surface area contributed by atoms with E-state index in [2.05, 4.69) is 5.32 Å². The molecular weight excluding hydrogens is 443 g/mol. The van der Waals surface area contributed by atoms with Gasteiger partial charge >= 0.3 is 0 Å². The van der Waals surface area contributed by atoms with Gasteiger partial charge in [0, 0.05) is 17.5 Å². The maximum Gasteiger partial charge on any atom is 0.275 e. The lowest BCUT2D eigenvalue weighted by Crippen LogP contribution is -2.28. The average molecular weight is 469 g/mol. The molecule has 0 aliphatic heterocycles. The molecule has 3 aromatic rings. The molecule has 0 saturated carbocycles. The van der Waals surface area contributed by atoms with Crippen molar-refractivity contribution in [3.63, 3.8) is 0 Å². The quantitative estimate of drug-likeness (QED) is 0.465. The number of hydrogen-bond donors (Lipinski definition) is 1. The predicted octanol–water partition coefficient (Wildman–Crippen LogP) is 5.51. The SMILES string of the molecule is CCC(=O)Nc1ccc(C2=CCC=CC=C2)n(Cc2cccc(C(=O)c3ccc(F)cc3)c2)c1=O. The van der Waals surface area contributed by atoms with E-state index in [1.54, 1.807) is 35.8 Å². The Morgan fingerprint density at radius 2 is 1.80 bits per heavy atom. The highest BCUT2D eigenvalue weighted by Crippen LogP contribution is 2.21. The topological polar surface area (TPSA) is 68.2 Å². The molecule has 1 amide bonds. The van der Waals surface area contributed by atoms with Gasteiger partial charge in [0.2, 0.25) is 5.91 Å². The van der Waals surface area contributed by atoms with Gasteiger partial charge in [-0.3, -0.25) is 14.4 Å². The highest BCUT2D eigenvalue weighted by atomic mass is 19.1. The van der Waals surface area contributed by atoms with Crippen LogP contribution in [0.2, 0.25) is 0 Å². The molecule has 0 radical (unpaired) electrons. The number of carbonyl (C=O) groups excluding carboxylic acids is 2. The van der Waals surface area contributed by atoms with Gasteiger partial charge in [-0.05, 0) is 60.0 Å². The summed E-state index contributed by atoms with van der Waals surface area (Å²) < 4.78 is 14.9. The minimum atomic E-state index is -0.408. The Labute approximate surface area is 202 Å². The number of aromatic nitrogens is 1. The molecule has 2 aromatic carbocycles. The Morgan fingerprint density at radius 3 is 2.57 bits per heavy atom. The maximum atomic E-state index is 13.4. The van der Waals surface area contributed by atoms with Gasteiger partial charge in [0.15, 0.2) is 5.78 Å². The second-order valence-corrected chi connectivity index (χ2v) is 8.14. The van der Waals surface area contributed by atoms with Crippen LogP contribution >= 0.6 is 0 Å². The van der Waals surface area contributed by atoms with Gasteiger partial charge < -0.3 is 9.88 Å². The van der Waals surface area contributed by atoms with Crippen LogP contribution in [0.1, 0.15) is 46.9 Å². The molecule has 1 N–H and O–H groups in total. The standard InChI is InChI=1S/C29H25FN2O3/c1-2-27(33)31-25-16-17-26(21-9-5-3-4-6-10-21)32(29(25)35)19-20-8-7-11-23(18-20)28(34)22-12-14-24(30)15-13-22/h3-5,7-18H,2,6,19H2,1H3,(H,31,33). The third-order valence-electron chi connectivity index (χ3n) is 5.70. The monoisotopic (exact) mass is 468 g/mol. The first-order chi connectivity index (χ1) is 17.0. The van der Waals surface area contributed by atoms with Crippen LogP contribution in [0.15, 0.2) is 95.8 Å². The lowest BCUT2D eigenvalue weighted by molar-refractivity contribution is -0.115. The number of allylic oxidation sites excluding steroid dienone is 6. The molecule has 0 saturated heterocycles. The number of halogens is 1. The Kier molecular flexibility index (Phi) is 7.31. The van der Waals surface area contributed by atoms with Crippen molar-refractivity contribution >= 4 is 23.0 Å². The molecule has 35 heavy (non-hydrogen) atoms. The maximum absolute atomic E-state index is 13.4. The molecule has 4 rings (SSSR count). The molecule has 0 atom stereocenters. The number of carbonyl (C=O) groups is 2. The fourth-order valence-corrected chi connectivity index (χ4v) is 3.85. The van der Waals surface area contributed by atoms with E-state index in [-0.39, 0.29) is 35.9 Å². The van der Waals surface area contributed by atoms with E-state index in [4.69, 9.17) is 0 Å². The number of nitrogens with one attached hydrogen (secondary N) is 1. The third-order valence-corrected chi connectivity index (χ3v) is 5.70. The van der Waals surface area contributed by atoms with Crippen molar-refractivity contribution in [3.05, 3.63) is 130 Å². The van der Waals surface area contributed by atoms with Gasteiger partial charge in [-0.2, -0.15) is 0 Å². The first-order valence-corrected chi connectivity index (χ1v) is 11.4. The summed E-state index contributed by atoms with van der Waals surface area (Å²) in [5.41, 5.74) is 3.04. The molecule has 1 heterocycles. The molecule has 0 unspecified atom stereocenters. The molecule has 5 nitrogen and oxygen atoms in total. The highest BCUT2D eigenvalue weighted by Gasteiger charge is 2.15. The molecule has 0 spiro atoms. The van der Waals surface area contributed by atoms with Crippen molar-refractivity contribution in [1.29, 1.82) is 0 Å². The van der Waals surface area contributed by atoms with Crippen molar-refractivity contribution in [2.45, 2.75) is 26.3 Å². The predicted molar refractivity (Wildman–Crippen MR) is 136 cm³/mol. The van der Waals surface area contributed by atoms with Crippen LogP contribution < -0.4 is 10.9 Å². The summed E-state index contributed by atoms with van der Waals surface area (Å²) in [5, 5.41) is 2.68. The van der Waals surface area contributed by atoms with Gasteiger partial charge in [0.25, 0.3) is 5.56 Å². The Balaban J connectivity index is 1.73. The number of ketones is 1. The fraction of sp³-hybridized carbons (Fsp3) is 0.138. The third kappa shape index (κ3) is 5.61. The van der Waals surface area contributed by atoms with Gasteiger partial charge in [-0.25, -0.2) is 4.39 Å². The summed E-state index contributed by atoms with van der Waals surface area (Å²) in [6, 6.07) is 15.9. The zero-order chi connectivity index (χ0) is 24.8. The first kappa shape index (κ1) is 23.8. The second-order valence-electron chi connectivity index (χ2n) is 8.14. The molecule has 6 heteroatoms. The molecule has 0 bridgehead atoms. The molecular formula is C29H25FN2O3. The molecule has 1 aliphatic carbocycles. The Hall–Kier alpha value is -4.32. The number of hydrogen-bond acceptors (Lipinski definition) is 3. The summed E-state index contributed by atoms with van der Waals surface area (Å²) >= 11 is 0. The minimum Gasteiger partial charge on any atom is -0.321 e. The number of nitrogens with zero attached hydrogens (tertiary/aromatic N) is 1.